The Bertz CT molecular complexity index is 146. The summed E-state index contributed by atoms with van der Waals surface area (Å²) in [6.45, 7) is 5.69. The minimum absolute atomic E-state index is 0.0707. The second-order valence-electron chi connectivity index (χ2n) is 3.98. The van der Waals surface area contributed by atoms with Crippen LogP contribution < -0.4 is 5.32 Å². The summed E-state index contributed by atoms with van der Waals surface area (Å²) in [5.74, 6) is 0. The summed E-state index contributed by atoms with van der Waals surface area (Å²) in [5, 5.41) is 21.1. The molecule has 0 aromatic rings. The van der Waals surface area contributed by atoms with Crippen molar-refractivity contribution >= 4 is 0 Å². The molecular formula is C12H27NO4. The molecule has 0 bridgehead atoms. The SMILES string of the molecule is CCCCOCC(O)CNCCCOCCO. The van der Waals surface area contributed by atoms with E-state index < -0.39 is 6.10 Å². The van der Waals surface area contributed by atoms with Gasteiger partial charge in [0, 0.05) is 19.8 Å². The van der Waals surface area contributed by atoms with E-state index in [1.165, 1.54) is 0 Å². The van der Waals surface area contributed by atoms with Crippen LogP contribution in [-0.4, -0.2) is 62.4 Å². The third-order valence-corrected chi connectivity index (χ3v) is 2.21. The molecule has 0 aromatic carbocycles. The van der Waals surface area contributed by atoms with Gasteiger partial charge in [-0.15, -0.1) is 0 Å². The number of unbranched alkanes of at least 4 members (excludes halogenated alkanes) is 1. The zero-order valence-electron chi connectivity index (χ0n) is 10.9. The summed E-state index contributed by atoms with van der Waals surface area (Å²) >= 11 is 0. The molecule has 0 aliphatic heterocycles. The number of hydrogen-bond acceptors (Lipinski definition) is 5. The molecule has 3 N–H and O–H groups in total. The molecule has 0 rings (SSSR count). The molecule has 0 fully saturated rings. The maximum absolute atomic E-state index is 9.54. The van der Waals surface area contributed by atoms with Crippen LogP contribution in [0.2, 0.25) is 0 Å². The standard InChI is InChI=1S/C12H27NO4/c1-2-3-7-17-11-12(15)10-13-5-4-8-16-9-6-14/h12-15H,2-11H2,1H3. The average molecular weight is 249 g/mol. The normalized spacial score (nSPS) is 12.9. The highest BCUT2D eigenvalue weighted by molar-refractivity contribution is 4.58. The number of aliphatic hydroxyl groups excluding tert-OH is 2. The Morgan fingerprint density at radius 1 is 1.12 bits per heavy atom. The van der Waals surface area contributed by atoms with Crippen LogP contribution in [0.1, 0.15) is 26.2 Å². The van der Waals surface area contributed by atoms with Crippen LogP contribution in [0.15, 0.2) is 0 Å². The molecule has 0 saturated heterocycles. The van der Waals surface area contributed by atoms with E-state index in [1.807, 2.05) is 0 Å². The highest BCUT2D eigenvalue weighted by Crippen LogP contribution is 1.90. The van der Waals surface area contributed by atoms with Gasteiger partial charge in [0.25, 0.3) is 0 Å². The van der Waals surface area contributed by atoms with Crippen molar-refractivity contribution in [1.82, 2.24) is 5.32 Å². The Hall–Kier alpha value is -0.200. The Kier molecular flexibility index (Phi) is 13.7. The lowest BCUT2D eigenvalue weighted by Gasteiger charge is -2.12. The van der Waals surface area contributed by atoms with Crippen LogP contribution in [0, 0.1) is 0 Å². The fourth-order valence-electron chi connectivity index (χ4n) is 1.26. The first-order chi connectivity index (χ1) is 8.31. The molecule has 1 atom stereocenters. The number of rotatable bonds is 13. The van der Waals surface area contributed by atoms with Gasteiger partial charge in [-0.2, -0.15) is 0 Å². The van der Waals surface area contributed by atoms with E-state index in [1.54, 1.807) is 0 Å². The molecule has 17 heavy (non-hydrogen) atoms. The van der Waals surface area contributed by atoms with Crippen LogP contribution in [-0.2, 0) is 9.47 Å². The van der Waals surface area contributed by atoms with Gasteiger partial charge < -0.3 is 25.0 Å². The summed E-state index contributed by atoms with van der Waals surface area (Å²) in [6.07, 6.45) is 2.60. The lowest BCUT2D eigenvalue weighted by Crippen LogP contribution is -2.31. The highest BCUT2D eigenvalue weighted by atomic mass is 16.5. The van der Waals surface area contributed by atoms with Crippen molar-refractivity contribution in [2.45, 2.75) is 32.3 Å². The van der Waals surface area contributed by atoms with Crippen molar-refractivity contribution < 1.29 is 19.7 Å². The summed E-state index contributed by atoms with van der Waals surface area (Å²) in [4.78, 5) is 0. The Balaban J connectivity index is 3.08. The molecule has 5 nitrogen and oxygen atoms in total. The Labute approximate surface area is 104 Å². The molecule has 0 aliphatic carbocycles. The van der Waals surface area contributed by atoms with E-state index in [2.05, 4.69) is 12.2 Å². The van der Waals surface area contributed by atoms with Crippen molar-refractivity contribution in [1.29, 1.82) is 0 Å². The third-order valence-electron chi connectivity index (χ3n) is 2.21. The minimum atomic E-state index is -0.440. The number of aliphatic hydroxyl groups is 2. The van der Waals surface area contributed by atoms with E-state index >= 15 is 0 Å². The summed E-state index contributed by atoms with van der Waals surface area (Å²) in [5.41, 5.74) is 0. The quantitative estimate of drug-likeness (QED) is 0.405. The van der Waals surface area contributed by atoms with Crippen molar-refractivity contribution in [3.8, 4) is 0 Å². The molecule has 0 aromatic heterocycles. The van der Waals surface area contributed by atoms with E-state index in [0.29, 0.717) is 26.4 Å². The van der Waals surface area contributed by atoms with Gasteiger partial charge in [0.2, 0.25) is 0 Å². The van der Waals surface area contributed by atoms with Gasteiger partial charge in [0.05, 0.1) is 25.9 Å². The van der Waals surface area contributed by atoms with E-state index in [0.717, 1.165) is 32.4 Å². The van der Waals surface area contributed by atoms with E-state index in [4.69, 9.17) is 14.6 Å². The van der Waals surface area contributed by atoms with Gasteiger partial charge >= 0.3 is 0 Å². The fraction of sp³-hybridized carbons (Fsp3) is 1.00. The molecule has 0 spiro atoms. The van der Waals surface area contributed by atoms with Gasteiger partial charge in [0.1, 0.15) is 0 Å². The molecule has 1 unspecified atom stereocenters. The molecule has 0 heterocycles. The zero-order chi connectivity index (χ0) is 12.8. The summed E-state index contributed by atoms with van der Waals surface area (Å²) < 4.78 is 10.4. The fourth-order valence-corrected chi connectivity index (χ4v) is 1.26. The first-order valence-electron chi connectivity index (χ1n) is 6.46. The predicted octanol–water partition coefficient (Wildman–Crippen LogP) is 0.153. The number of nitrogens with one attached hydrogen (secondary N) is 1. The molecular weight excluding hydrogens is 222 g/mol. The lowest BCUT2D eigenvalue weighted by atomic mass is 10.3. The lowest BCUT2D eigenvalue weighted by molar-refractivity contribution is 0.0354. The van der Waals surface area contributed by atoms with Crippen LogP contribution >= 0.6 is 0 Å². The molecule has 0 aliphatic rings. The zero-order valence-corrected chi connectivity index (χ0v) is 10.9. The van der Waals surface area contributed by atoms with Gasteiger partial charge in [-0.25, -0.2) is 0 Å². The van der Waals surface area contributed by atoms with Gasteiger partial charge in [-0.3, -0.25) is 0 Å². The third kappa shape index (κ3) is 13.7. The number of hydrogen-bond donors (Lipinski definition) is 3. The predicted molar refractivity (Wildman–Crippen MR) is 67.1 cm³/mol. The smallest absolute Gasteiger partial charge is 0.0897 e. The first kappa shape index (κ1) is 16.8. The van der Waals surface area contributed by atoms with Gasteiger partial charge in [-0.1, -0.05) is 13.3 Å². The van der Waals surface area contributed by atoms with Crippen molar-refractivity contribution in [2.75, 3.05) is 46.1 Å². The maximum Gasteiger partial charge on any atom is 0.0897 e. The molecule has 5 heteroatoms. The highest BCUT2D eigenvalue weighted by Gasteiger charge is 2.02. The minimum Gasteiger partial charge on any atom is -0.394 e. The second-order valence-corrected chi connectivity index (χ2v) is 3.98. The summed E-state index contributed by atoms with van der Waals surface area (Å²) in [6, 6.07) is 0. The molecule has 0 saturated carbocycles. The first-order valence-corrected chi connectivity index (χ1v) is 6.46. The van der Waals surface area contributed by atoms with E-state index in [-0.39, 0.29) is 6.61 Å². The summed E-state index contributed by atoms with van der Waals surface area (Å²) in [7, 11) is 0. The van der Waals surface area contributed by atoms with Crippen LogP contribution in [0.3, 0.4) is 0 Å². The van der Waals surface area contributed by atoms with Crippen LogP contribution in [0.25, 0.3) is 0 Å². The molecule has 104 valence electrons. The van der Waals surface area contributed by atoms with Gasteiger partial charge in [0.15, 0.2) is 0 Å². The van der Waals surface area contributed by atoms with E-state index in [9.17, 15) is 5.11 Å². The maximum atomic E-state index is 9.54. The largest absolute Gasteiger partial charge is 0.394 e. The second kappa shape index (κ2) is 13.9. The van der Waals surface area contributed by atoms with Crippen LogP contribution in [0.5, 0.6) is 0 Å². The Morgan fingerprint density at radius 2 is 1.88 bits per heavy atom. The van der Waals surface area contributed by atoms with Crippen molar-refractivity contribution in [2.24, 2.45) is 0 Å². The molecule has 0 radical (unpaired) electrons. The topological polar surface area (TPSA) is 71.0 Å². The molecule has 0 amide bonds. The van der Waals surface area contributed by atoms with Gasteiger partial charge in [-0.05, 0) is 19.4 Å². The average Bonchev–Trinajstić information content (AvgIpc) is 2.33. The Morgan fingerprint density at radius 3 is 2.59 bits per heavy atom. The van der Waals surface area contributed by atoms with Crippen LogP contribution in [0.4, 0.5) is 0 Å². The monoisotopic (exact) mass is 249 g/mol. The van der Waals surface area contributed by atoms with Crippen molar-refractivity contribution in [3.63, 3.8) is 0 Å². The number of ether oxygens (including phenoxy) is 2. The van der Waals surface area contributed by atoms with Crippen molar-refractivity contribution in [3.05, 3.63) is 0 Å².